The minimum Gasteiger partial charge on any atom is -0.507 e. The summed E-state index contributed by atoms with van der Waals surface area (Å²) < 4.78 is 94.2. The molecule has 14 nitrogen and oxygen atoms in total. The lowest BCUT2D eigenvalue weighted by Crippen LogP contribution is -2.13. The van der Waals surface area contributed by atoms with E-state index in [9.17, 15) is 44.3 Å². The molecule has 9 N–H and O–H groups in total. The molecule has 0 aliphatic heterocycles. The zero-order chi connectivity index (χ0) is 30.0. The summed E-state index contributed by atoms with van der Waals surface area (Å²) in [5, 5.41) is 12.4. The molecule has 17 heteroatoms. The lowest BCUT2D eigenvalue weighted by atomic mass is 10.1. The standard InChI is InChI=1S/C17H13NO8S2.C6H8N2O3S/c19-15-9-13(28(24,25)26)7-11-6-12(27(21,22)23)8-14(16(11)15)18-17(20)10-4-2-1-3-5-10;7-4-1-2-6(5(8)3-4)12(9,10)11/h1-9,19H,(H,18,20)(H,21,22,23)(H,24,25,26);1-3H,7-8H2,(H,9,10,11). The van der Waals surface area contributed by atoms with E-state index >= 15 is 0 Å². The largest absolute Gasteiger partial charge is 0.507 e. The van der Waals surface area contributed by atoms with Gasteiger partial charge in [0.1, 0.15) is 10.6 Å². The van der Waals surface area contributed by atoms with Crippen molar-refractivity contribution in [3.63, 3.8) is 0 Å². The number of rotatable bonds is 5. The summed E-state index contributed by atoms with van der Waals surface area (Å²) in [4.78, 5) is 10.8. The third-order valence-corrected chi connectivity index (χ3v) is 7.76. The Hall–Kier alpha value is -4.26. The summed E-state index contributed by atoms with van der Waals surface area (Å²) in [5.41, 5.74) is 10.9. The van der Waals surface area contributed by atoms with E-state index in [1.54, 1.807) is 18.2 Å². The average Bonchev–Trinajstić information content (AvgIpc) is 2.82. The summed E-state index contributed by atoms with van der Waals surface area (Å²) in [6.45, 7) is 0. The van der Waals surface area contributed by atoms with Gasteiger partial charge in [0.2, 0.25) is 0 Å². The van der Waals surface area contributed by atoms with Crippen molar-refractivity contribution in [2.24, 2.45) is 0 Å². The summed E-state index contributed by atoms with van der Waals surface area (Å²) in [5.74, 6) is -1.26. The number of fused-ring (bicyclic) bond motifs is 1. The van der Waals surface area contributed by atoms with Crippen LogP contribution in [0.3, 0.4) is 0 Å². The zero-order valence-corrected chi connectivity index (χ0v) is 22.4. The van der Waals surface area contributed by atoms with Gasteiger partial charge in [0.25, 0.3) is 36.3 Å². The van der Waals surface area contributed by atoms with E-state index in [-0.39, 0.29) is 32.6 Å². The maximum absolute atomic E-state index is 12.4. The third-order valence-electron chi connectivity index (χ3n) is 5.17. The Kier molecular flexibility index (Phi) is 8.39. The fourth-order valence-corrected chi connectivity index (χ4v) is 5.10. The molecule has 0 heterocycles. The topological polar surface area (TPSA) is 264 Å². The highest BCUT2D eigenvalue weighted by molar-refractivity contribution is 7.86. The van der Waals surface area contributed by atoms with Crippen molar-refractivity contribution in [1.29, 1.82) is 0 Å². The number of phenolic OH excluding ortho intramolecular Hbond substituents is 1. The summed E-state index contributed by atoms with van der Waals surface area (Å²) in [6.07, 6.45) is 0. The predicted molar refractivity (Wildman–Crippen MR) is 145 cm³/mol. The van der Waals surface area contributed by atoms with Gasteiger partial charge in [-0.25, -0.2) is 0 Å². The van der Waals surface area contributed by atoms with Crippen molar-refractivity contribution in [3.8, 4) is 5.75 Å². The van der Waals surface area contributed by atoms with Gasteiger partial charge in [-0.1, -0.05) is 18.2 Å². The number of amides is 1. The van der Waals surface area contributed by atoms with Crippen LogP contribution in [0.1, 0.15) is 10.4 Å². The molecule has 0 aliphatic carbocycles. The van der Waals surface area contributed by atoms with E-state index in [0.29, 0.717) is 5.69 Å². The van der Waals surface area contributed by atoms with Crippen molar-refractivity contribution in [3.05, 3.63) is 78.4 Å². The number of benzene rings is 4. The molecule has 4 rings (SSSR count). The van der Waals surface area contributed by atoms with Crippen LogP contribution >= 0.6 is 0 Å². The number of hydrogen-bond donors (Lipinski definition) is 7. The first-order valence-electron chi connectivity index (χ1n) is 10.6. The Morgan fingerprint density at radius 3 is 1.75 bits per heavy atom. The molecule has 1 amide bonds. The Bertz CT molecular complexity index is 1940. The summed E-state index contributed by atoms with van der Waals surface area (Å²) >= 11 is 0. The molecule has 4 aromatic carbocycles. The van der Waals surface area contributed by atoms with Crippen LogP contribution < -0.4 is 16.8 Å². The van der Waals surface area contributed by atoms with Crippen molar-refractivity contribution in [2.75, 3.05) is 16.8 Å². The van der Waals surface area contributed by atoms with E-state index < -0.39 is 51.8 Å². The minimum absolute atomic E-state index is 0.0579. The van der Waals surface area contributed by atoms with Gasteiger partial charge in [0, 0.05) is 22.7 Å². The fourth-order valence-electron chi connectivity index (χ4n) is 3.42. The maximum Gasteiger partial charge on any atom is 0.296 e. The van der Waals surface area contributed by atoms with Crippen LogP contribution in [0, 0.1) is 0 Å². The quantitative estimate of drug-likeness (QED) is 0.126. The maximum atomic E-state index is 12.4. The number of carbonyl (C=O) groups excluding carboxylic acids is 1. The molecule has 0 radical (unpaired) electrons. The highest BCUT2D eigenvalue weighted by Crippen LogP contribution is 2.36. The Labute approximate surface area is 228 Å². The first kappa shape index (κ1) is 30.3. The lowest BCUT2D eigenvalue weighted by Gasteiger charge is -2.13. The molecule has 0 bridgehead atoms. The van der Waals surface area contributed by atoms with E-state index in [1.165, 1.54) is 24.3 Å². The highest BCUT2D eigenvalue weighted by Gasteiger charge is 2.21. The molecular formula is C23H21N3O11S3. The molecule has 0 aliphatic rings. The Morgan fingerprint density at radius 1 is 0.700 bits per heavy atom. The number of nitrogens with two attached hydrogens (primary N) is 2. The van der Waals surface area contributed by atoms with Crippen LogP contribution in [0.2, 0.25) is 0 Å². The van der Waals surface area contributed by atoms with Gasteiger partial charge in [-0.05, 0) is 53.9 Å². The number of anilines is 3. The molecule has 0 fully saturated rings. The van der Waals surface area contributed by atoms with Crippen LogP contribution in [-0.2, 0) is 30.4 Å². The van der Waals surface area contributed by atoms with Gasteiger partial charge in [0.05, 0.1) is 21.2 Å². The Balaban J connectivity index is 0.000000307. The van der Waals surface area contributed by atoms with Gasteiger partial charge >= 0.3 is 0 Å². The molecule has 0 unspecified atom stereocenters. The molecule has 0 saturated heterocycles. The van der Waals surface area contributed by atoms with E-state index in [2.05, 4.69) is 5.32 Å². The number of hydrogen-bond acceptors (Lipinski definition) is 10. The van der Waals surface area contributed by atoms with Crippen LogP contribution in [0.5, 0.6) is 5.75 Å². The van der Waals surface area contributed by atoms with Crippen LogP contribution in [-0.4, -0.2) is 49.9 Å². The molecule has 4 aromatic rings. The van der Waals surface area contributed by atoms with Gasteiger partial charge in [-0.15, -0.1) is 0 Å². The molecule has 0 saturated carbocycles. The van der Waals surface area contributed by atoms with E-state index in [1.807, 2.05) is 0 Å². The molecule has 0 aromatic heterocycles. The number of nitrogen functional groups attached to an aromatic ring is 2. The average molecular weight is 612 g/mol. The second-order valence-corrected chi connectivity index (χ2v) is 12.3. The third kappa shape index (κ3) is 7.23. The van der Waals surface area contributed by atoms with Crippen molar-refractivity contribution in [1.82, 2.24) is 0 Å². The number of nitrogens with one attached hydrogen (secondary N) is 1. The van der Waals surface area contributed by atoms with E-state index in [0.717, 1.165) is 30.3 Å². The smallest absolute Gasteiger partial charge is 0.296 e. The number of phenols is 1. The van der Waals surface area contributed by atoms with Crippen molar-refractivity contribution < 1.29 is 48.8 Å². The molecule has 212 valence electrons. The normalized spacial score (nSPS) is 11.9. The second kappa shape index (κ2) is 11.1. The van der Waals surface area contributed by atoms with Crippen molar-refractivity contribution in [2.45, 2.75) is 14.7 Å². The van der Waals surface area contributed by atoms with Crippen LogP contribution in [0.25, 0.3) is 10.8 Å². The summed E-state index contributed by atoms with van der Waals surface area (Å²) in [6, 6.07) is 15.1. The molecule has 0 spiro atoms. The van der Waals surface area contributed by atoms with Gasteiger partial charge in [-0.3, -0.25) is 18.5 Å². The van der Waals surface area contributed by atoms with Gasteiger partial charge in [-0.2, -0.15) is 25.3 Å². The predicted octanol–water partition coefficient (Wildman–Crippen LogP) is 2.39. The molecule has 40 heavy (non-hydrogen) atoms. The SMILES string of the molecule is Nc1ccc(S(=O)(=O)O)c(N)c1.O=C(Nc1cc(S(=O)(=O)O)cc2cc(S(=O)(=O)O)cc(O)c12)c1ccccc1. The minimum atomic E-state index is -4.72. The fraction of sp³-hybridized carbons (Fsp3) is 0. The van der Waals surface area contributed by atoms with E-state index in [4.69, 9.17) is 16.0 Å². The van der Waals surface area contributed by atoms with Gasteiger partial charge in [0.15, 0.2) is 0 Å². The van der Waals surface area contributed by atoms with Gasteiger partial charge < -0.3 is 21.9 Å². The first-order chi connectivity index (χ1) is 18.4. The zero-order valence-electron chi connectivity index (χ0n) is 20.0. The summed E-state index contributed by atoms with van der Waals surface area (Å²) in [7, 11) is -13.7. The van der Waals surface area contributed by atoms with Crippen molar-refractivity contribution >= 4 is 64.1 Å². The lowest BCUT2D eigenvalue weighted by molar-refractivity contribution is 0.102. The number of carbonyl (C=O) groups is 1. The second-order valence-electron chi connectivity index (χ2n) is 8.05. The molecule has 0 atom stereocenters. The van der Waals surface area contributed by atoms with Crippen LogP contribution in [0.15, 0.2) is 87.5 Å². The first-order valence-corrected chi connectivity index (χ1v) is 14.9. The monoisotopic (exact) mass is 611 g/mol. The highest BCUT2D eigenvalue weighted by atomic mass is 32.2. The Morgan fingerprint density at radius 2 is 1.25 bits per heavy atom. The van der Waals surface area contributed by atoms with Crippen LogP contribution in [0.4, 0.5) is 17.1 Å². The number of aromatic hydroxyl groups is 1. The molecular weight excluding hydrogens is 590 g/mol.